The molecule has 0 saturated heterocycles. The molecule has 0 aliphatic carbocycles. The number of carboxylic acids is 1. The topological polar surface area (TPSA) is 106 Å². The van der Waals surface area contributed by atoms with Gasteiger partial charge in [0.25, 0.3) is 0 Å². The Morgan fingerprint density at radius 3 is 2.47 bits per heavy atom. The zero-order valence-corrected chi connectivity index (χ0v) is 9.92. The van der Waals surface area contributed by atoms with Gasteiger partial charge in [0.2, 0.25) is 5.91 Å². The molecule has 0 aliphatic heterocycles. The van der Waals surface area contributed by atoms with E-state index >= 15 is 0 Å². The van der Waals surface area contributed by atoms with E-state index in [1.54, 1.807) is 24.3 Å². The standard InChI is InChI=1S/C13H12N2O4/c14-12(16)8-1-3-9(4-2-8)15-7-11-10(13(17)18)5-6-19-11/h1-6,15H,7H2,(H2,14,16)(H,17,18). The first-order valence-corrected chi connectivity index (χ1v) is 5.51. The van der Waals surface area contributed by atoms with Crippen LogP contribution in [0, 0.1) is 0 Å². The average molecular weight is 260 g/mol. The molecule has 0 spiro atoms. The third-order valence-corrected chi connectivity index (χ3v) is 2.60. The molecule has 6 nitrogen and oxygen atoms in total. The molecule has 1 amide bonds. The van der Waals surface area contributed by atoms with E-state index in [0.717, 1.165) is 5.69 Å². The van der Waals surface area contributed by atoms with Crippen LogP contribution in [0.4, 0.5) is 5.69 Å². The maximum absolute atomic E-state index is 10.9. The van der Waals surface area contributed by atoms with Crippen molar-refractivity contribution in [2.24, 2.45) is 5.73 Å². The van der Waals surface area contributed by atoms with Crippen molar-refractivity contribution in [3.05, 3.63) is 53.5 Å². The summed E-state index contributed by atoms with van der Waals surface area (Å²) in [5.74, 6) is -1.19. The predicted octanol–water partition coefficient (Wildman–Crippen LogP) is 1.69. The van der Waals surface area contributed by atoms with Crippen molar-refractivity contribution in [2.75, 3.05) is 5.32 Å². The lowest BCUT2D eigenvalue weighted by atomic mass is 10.2. The Bertz CT molecular complexity index is 601. The van der Waals surface area contributed by atoms with Crippen molar-refractivity contribution in [1.29, 1.82) is 0 Å². The van der Waals surface area contributed by atoms with Gasteiger partial charge in [0.05, 0.1) is 12.8 Å². The highest BCUT2D eigenvalue weighted by atomic mass is 16.4. The minimum Gasteiger partial charge on any atom is -0.478 e. The minimum atomic E-state index is -1.03. The molecule has 0 aliphatic rings. The van der Waals surface area contributed by atoms with Crippen molar-refractivity contribution < 1.29 is 19.1 Å². The van der Waals surface area contributed by atoms with E-state index in [1.165, 1.54) is 12.3 Å². The molecule has 98 valence electrons. The van der Waals surface area contributed by atoms with Gasteiger partial charge in [-0.25, -0.2) is 4.79 Å². The van der Waals surface area contributed by atoms with Crippen LogP contribution >= 0.6 is 0 Å². The average Bonchev–Trinajstić information content (AvgIpc) is 2.85. The molecule has 0 saturated carbocycles. The number of nitrogens with one attached hydrogen (secondary N) is 1. The highest BCUT2D eigenvalue weighted by molar-refractivity contribution is 5.93. The molecule has 1 aromatic carbocycles. The van der Waals surface area contributed by atoms with Crippen LogP contribution in [0.1, 0.15) is 26.5 Å². The molecule has 19 heavy (non-hydrogen) atoms. The van der Waals surface area contributed by atoms with E-state index in [4.69, 9.17) is 15.3 Å². The van der Waals surface area contributed by atoms with Crippen molar-refractivity contribution >= 4 is 17.6 Å². The summed E-state index contributed by atoms with van der Waals surface area (Å²) in [4.78, 5) is 21.8. The van der Waals surface area contributed by atoms with Crippen LogP contribution in [0.15, 0.2) is 41.0 Å². The molecule has 1 heterocycles. The lowest BCUT2D eigenvalue weighted by Crippen LogP contribution is -2.10. The fourth-order valence-corrected chi connectivity index (χ4v) is 1.60. The van der Waals surface area contributed by atoms with Gasteiger partial charge in [-0.1, -0.05) is 0 Å². The van der Waals surface area contributed by atoms with Crippen molar-refractivity contribution in [1.82, 2.24) is 0 Å². The lowest BCUT2D eigenvalue weighted by Gasteiger charge is -2.05. The number of benzene rings is 1. The fourth-order valence-electron chi connectivity index (χ4n) is 1.60. The molecule has 6 heteroatoms. The maximum Gasteiger partial charge on any atom is 0.339 e. The third-order valence-electron chi connectivity index (χ3n) is 2.60. The van der Waals surface area contributed by atoms with E-state index < -0.39 is 11.9 Å². The molecule has 0 fully saturated rings. The quantitative estimate of drug-likeness (QED) is 0.758. The molecular weight excluding hydrogens is 248 g/mol. The Hall–Kier alpha value is -2.76. The molecule has 2 aromatic rings. The number of rotatable bonds is 5. The summed E-state index contributed by atoms with van der Waals surface area (Å²) in [5, 5.41) is 11.9. The first-order valence-electron chi connectivity index (χ1n) is 5.51. The third kappa shape index (κ3) is 2.92. The number of carbonyl (C=O) groups excluding carboxylic acids is 1. The summed E-state index contributed by atoms with van der Waals surface area (Å²) >= 11 is 0. The molecule has 0 radical (unpaired) electrons. The van der Waals surface area contributed by atoms with Gasteiger partial charge in [-0.15, -0.1) is 0 Å². The first kappa shape index (κ1) is 12.7. The van der Waals surface area contributed by atoms with Gasteiger partial charge >= 0.3 is 5.97 Å². The van der Waals surface area contributed by atoms with Crippen LogP contribution in [0.5, 0.6) is 0 Å². The smallest absolute Gasteiger partial charge is 0.339 e. The zero-order chi connectivity index (χ0) is 13.8. The molecule has 4 N–H and O–H groups in total. The number of carboxylic acid groups (broad SMARTS) is 1. The van der Waals surface area contributed by atoms with Crippen molar-refractivity contribution in [3.8, 4) is 0 Å². The number of furan rings is 1. The Morgan fingerprint density at radius 2 is 1.89 bits per heavy atom. The van der Waals surface area contributed by atoms with Crippen LogP contribution in [-0.2, 0) is 6.54 Å². The first-order chi connectivity index (χ1) is 9.08. The monoisotopic (exact) mass is 260 g/mol. The van der Waals surface area contributed by atoms with E-state index in [1.807, 2.05) is 0 Å². The van der Waals surface area contributed by atoms with Gasteiger partial charge in [0, 0.05) is 11.3 Å². The molecular formula is C13H12N2O4. The number of nitrogens with two attached hydrogens (primary N) is 1. The number of carbonyl (C=O) groups is 2. The summed E-state index contributed by atoms with van der Waals surface area (Å²) in [7, 11) is 0. The van der Waals surface area contributed by atoms with Gasteiger partial charge in [0.1, 0.15) is 11.3 Å². The van der Waals surface area contributed by atoms with Crippen molar-refractivity contribution in [3.63, 3.8) is 0 Å². The SMILES string of the molecule is NC(=O)c1ccc(NCc2occc2C(=O)O)cc1. The van der Waals surface area contributed by atoms with Crippen LogP contribution in [0.25, 0.3) is 0 Å². The Kier molecular flexibility index (Phi) is 3.51. The van der Waals surface area contributed by atoms with Crippen LogP contribution in [0.2, 0.25) is 0 Å². The molecule has 2 rings (SSSR count). The second-order valence-corrected chi connectivity index (χ2v) is 3.86. The number of aromatic carboxylic acids is 1. The molecule has 1 aromatic heterocycles. The Balaban J connectivity index is 2.04. The number of amides is 1. The minimum absolute atomic E-state index is 0.126. The van der Waals surface area contributed by atoms with E-state index in [0.29, 0.717) is 11.3 Å². The number of hydrogen-bond donors (Lipinski definition) is 3. The van der Waals surface area contributed by atoms with Crippen LogP contribution in [-0.4, -0.2) is 17.0 Å². The van der Waals surface area contributed by atoms with Crippen LogP contribution < -0.4 is 11.1 Å². The van der Waals surface area contributed by atoms with Crippen LogP contribution in [0.3, 0.4) is 0 Å². The predicted molar refractivity (Wildman–Crippen MR) is 68.0 cm³/mol. The largest absolute Gasteiger partial charge is 0.478 e. The number of primary amides is 1. The highest BCUT2D eigenvalue weighted by Crippen LogP contribution is 2.14. The molecule has 0 atom stereocenters. The van der Waals surface area contributed by atoms with E-state index in [2.05, 4.69) is 5.32 Å². The Morgan fingerprint density at radius 1 is 1.21 bits per heavy atom. The summed E-state index contributed by atoms with van der Waals surface area (Å²) < 4.78 is 5.09. The zero-order valence-electron chi connectivity index (χ0n) is 9.92. The van der Waals surface area contributed by atoms with Gasteiger partial charge in [0.15, 0.2) is 0 Å². The van der Waals surface area contributed by atoms with Gasteiger partial charge in [-0.05, 0) is 30.3 Å². The fraction of sp³-hybridized carbons (Fsp3) is 0.0769. The summed E-state index contributed by atoms with van der Waals surface area (Å²) in [6.45, 7) is 0.241. The lowest BCUT2D eigenvalue weighted by molar-refractivity contribution is 0.0694. The second-order valence-electron chi connectivity index (χ2n) is 3.86. The van der Waals surface area contributed by atoms with Gasteiger partial charge in [-0.2, -0.15) is 0 Å². The van der Waals surface area contributed by atoms with Crippen molar-refractivity contribution in [2.45, 2.75) is 6.54 Å². The van der Waals surface area contributed by atoms with Gasteiger partial charge in [-0.3, -0.25) is 4.79 Å². The second kappa shape index (κ2) is 5.26. The summed E-state index contributed by atoms with van der Waals surface area (Å²) in [6.07, 6.45) is 1.33. The van der Waals surface area contributed by atoms with Gasteiger partial charge < -0.3 is 20.6 Å². The molecule has 0 bridgehead atoms. The maximum atomic E-state index is 10.9. The molecule has 0 unspecified atom stereocenters. The van der Waals surface area contributed by atoms with E-state index in [-0.39, 0.29) is 12.1 Å². The summed E-state index contributed by atoms with van der Waals surface area (Å²) in [5.41, 5.74) is 6.40. The normalized spacial score (nSPS) is 10.1. The number of anilines is 1. The highest BCUT2D eigenvalue weighted by Gasteiger charge is 2.12. The number of hydrogen-bond acceptors (Lipinski definition) is 4. The Labute approximate surface area is 108 Å². The van der Waals surface area contributed by atoms with E-state index in [9.17, 15) is 9.59 Å². The summed E-state index contributed by atoms with van der Waals surface area (Å²) in [6, 6.07) is 7.94.